The van der Waals surface area contributed by atoms with Gasteiger partial charge in [-0.2, -0.15) is 4.68 Å². The number of Topliss-reactive ketones (excluding diaryl/α,β-unsaturated/α-hetero) is 1. The van der Waals surface area contributed by atoms with Crippen LogP contribution in [0.25, 0.3) is 5.69 Å². The van der Waals surface area contributed by atoms with Gasteiger partial charge < -0.3 is 4.74 Å². The molecule has 0 aliphatic carbocycles. The summed E-state index contributed by atoms with van der Waals surface area (Å²) in [5.74, 6) is 0.854. The van der Waals surface area contributed by atoms with Gasteiger partial charge in [0, 0.05) is 10.6 Å². The molecule has 128 valence electrons. The topological polar surface area (TPSA) is 69.9 Å². The highest BCUT2D eigenvalue weighted by atomic mass is 35.5. The van der Waals surface area contributed by atoms with Gasteiger partial charge in [-0.25, -0.2) is 0 Å². The summed E-state index contributed by atoms with van der Waals surface area (Å²) in [6, 6.07) is 12.5. The molecule has 2 aromatic carbocycles. The third-order valence-corrected chi connectivity index (χ3v) is 4.67. The molecule has 0 bridgehead atoms. The molecule has 25 heavy (non-hydrogen) atoms. The van der Waals surface area contributed by atoms with Crippen LogP contribution in [0.4, 0.5) is 0 Å². The monoisotopic (exact) mass is 374 g/mol. The van der Waals surface area contributed by atoms with Gasteiger partial charge in [-0.3, -0.25) is 4.79 Å². The van der Waals surface area contributed by atoms with Crippen LogP contribution >= 0.6 is 23.4 Å². The average Bonchev–Trinajstić information content (AvgIpc) is 3.08. The van der Waals surface area contributed by atoms with Crippen molar-refractivity contribution in [1.29, 1.82) is 0 Å². The number of aromatic nitrogens is 4. The van der Waals surface area contributed by atoms with Gasteiger partial charge >= 0.3 is 0 Å². The van der Waals surface area contributed by atoms with Crippen LogP contribution in [0.1, 0.15) is 15.9 Å². The SMILES string of the molecule is COc1ccc(C)cc1-n1nnnc1SCC(=O)c1ccc(Cl)cc1. The quantitative estimate of drug-likeness (QED) is 0.485. The molecular weight excluding hydrogens is 360 g/mol. The van der Waals surface area contributed by atoms with Crippen LogP contribution in [0.3, 0.4) is 0 Å². The van der Waals surface area contributed by atoms with Crippen LogP contribution in [0.5, 0.6) is 5.75 Å². The number of methoxy groups -OCH3 is 1. The van der Waals surface area contributed by atoms with E-state index in [9.17, 15) is 4.79 Å². The minimum Gasteiger partial charge on any atom is -0.494 e. The van der Waals surface area contributed by atoms with E-state index in [1.54, 1.807) is 36.1 Å². The molecule has 0 saturated heterocycles. The maximum Gasteiger partial charge on any atom is 0.214 e. The summed E-state index contributed by atoms with van der Waals surface area (Å²) in [6.07, 6.45) is 0. The molecule has 0 spiro atoms. The number of hydrogen-bond acceptors (Lipinski definition) is 6. The molecule has 3 aromatic rings. The van der Waals surface area contributed by atoms with Crippen molar-refractivity contribution in [2.45, 2.75) is 12.1 Å². The van der Waals surface area contributed by atoms with Gasteiger partial charge in [0.05, 0.1) is 12.9 Å². The molecule has 0 radical (unpaired) electrons. The Morgan fingerprint density at radius 1 is 1.24 bits per heavy atom. The Bertz CT molecular complexity index is 896. The van der Waals surface area contributed by atoms with Crippen LogP contribution in [0.2, 0.25) is 5.02 Å². The van der Waals surface area contributed by atoms with E-state index in [-0.39, 0.29) is 11.5 Å². The summed E-state index contributed by atoms with van der Waals surface area (Å²) in [5, 5.41) is 12.9. The van der Waals surface area contributed by atoms with Gasteiger partial charge in [0.15, 0.2) is 5.78 Å². The fourth-order valence-electron chi connectivity index (χ4n) is 2.23. The van der Waals surface area contributed by atoms with Crippen LogP contribution in [0.15, 0.2) is 47.6 Å². The predicted octanol–water partition coefficient (Wildman–Crippen LogP) is 3.61. The molecule has 0 aliphatic heterocycles. The molecule has 0 unspecified atom stereocenters. The molecule has 6 nitrogen and oxygen atoms in total. The van der Waals surface area contributed by atoms with E-state index in [4.69, 9.17) is 16.3 Å². The van der Waals surface area contributed by atoms with Crippen LogP contribution in [-0.2, 0) is 0 Å². The van der Waals surface area contributed by atoms with Crippen molar-refractivity contribution < 1.29 is 9.53 Å². The fourth-order valence-corrected chi connectivity index (χ4v) is 3.14. The predicted molar refractivity (Wildman–Crippen MR) is 96.9 cm³/mol. The minimum atomic E-state index is -0.0209. The van der Waals surface area contributed by atoms with E-state index in [0.29, 0.717) is 21.5 Å². The molecule has 0 aliphatic rings. The lowest BCUT2D eigenvalue weighted by atomic mass is 10.1. The zero-order chi connectivity index (χ0) is 17.8. The Kier molecular flexibility index (Phi) is 5.35. The second-order valence-electron chi connectivity index (χ2n) is 5.27. The summed E-state index contributed by atoms with van der Waals surface area (Å²) in [5.41, 5.74) is 2.39. The van der Waals surface area contributed by atoms with Crippen LogP contribution in [-0.4, -0.2) is 38.9 Å². The van der Waals surface area contributed by atoms with Crippen molar-refractivity contribution >= 4 is 29.1 Å². The summed E-state index contributed by atoms with van der Waals surface area (Å²) in [7, 11) is 1.59. The minimum absolute atomic E-state index is 0.0209. The lowest BCUT2D eigenvalue weighted by Crippen LogP contribution is -2.06. The van der Waals surface area contributed by atoms with Gasteiger partial charge in [-0.15, -0.1) is 5.10 Å². The zero-order valence-electron chi connectivity index (χ0n) is 13.6. The normalized spacial score (nSPS) is 10.7. The first-order valence-corrected chi connectivity index (χ1v) is 8.80. The molecule has 0 atom stereocenters. The lowest BCUT2D eigenvalue weighted by molar-refractivity contribution is 0.102. The Hall–Kier alpha value is -2.38. The number of ketones is 1. The number of tetrazole rings is 1. The summed E-state index contributed by atoms with van der Waals surface area (Å²) >= 11 is 7.12. The molecule has 8 heteroatoms. The maximum absolute atomic E-state index is 12.3. The number of halogens is 1. The molecule has 1 heterocycles. The smallest absolute Gasteiger partial charge is 0.214 e. The first kappa shape index (κ1) is 17.4. The molecule has 0 saturated carbocycles. The van der Waals surface area contributed by atoms with Crippen molar-refractivity contribution in [2.75, 3.05) is 12.9 Å². The molecule has 0 amide bonds. The first-order valence-electron chi connectivity index (χ1n) is 7.43. The molecule has 0 N–H and O–H groups in total. The number of aryl methyl sites for hydroxylation is 1. The number of carbonyl (C=O) groups is 1. The van der Waals surface area contributed by atoms with Crippen molar-refractivity contribution in [2.24, 2.45) is 0 Å². The zero-order valence-corrected chi connectivity index (χ0v) is 15.2. The Morgan fingerprint density at radius 2 is 2.00 bits per heavy atom. The van der Waals surface area contributed by atoms with Crippen molar-refractivity contribution in [3.05, 3.63) is 58.6 Å². The molecule has 1 aromatic heterocycles. The van der Waals surface area contributed by atoms with Gasteiger partial charge in [-0.05, 0) is 59.3 Å². The second kappa shape index (κ2) is 7.67. The lowest BCUT2D eigenvalue weighted by Gasteiger charge is -2.10. The highest BCUT2D eigenvalue weighted by Gasteiger charge is 2.15. The first-order chi connectivity index (χ1) is 12.1. The van der Waals surface area contributed by atoms with E-state index in [0.717, 1.165) is 11.3 Å². The third-order valence-electron chi connectivity index (χ3n) is 3.50. The average molecular weight is 375 g/mol. The standard InChI is InChI=1S/C17H15ClN4O2S/c1-11-3-8-16(24-2)14(9-11)22-17(19-20-21-22)25-10-15(23)12-4-6-13(18)7-5-12/h3-9H,10H2,1-2H3. The Morgan fingerprint density at radius 3 is 2.72 bits per heavy atom. The van der Waals surface area contributed by atoms with Gasteiger partial charge in [-0.1, -0.05) is 29.4 Å². The van der Waals surface area contributed by atoms with Gasteiger partial charge in [0.2, 0.25) is 5.16 Å². The Labute approximate surface area is 154 Å². The number of benzene rings is 2. The molecular formula is C17H15ClN4O2S. The number of carbonyl (C=O) groups excluding carboxylic acids is 1. The number of nitrogens with zero attached hydrogens (tertiary/aromatic N) is 4. The van der Waals surface area contributed by atoms with Gasteiger partial charge in [0.25, 0.3) is 0 Å². The van der Waals surface area contributed by atoms with Crippen LogP contribution < -0.4 is 4.74 Å². The van der Waals surface area contributed by atoms with Crippen molar-refractivity contribution in [1.82, 2.24) is 20.2 Å². The fraction of sp³-hybridized carbons (Fsp3) is 0.176. The van der Waals surface area contributed by atoms with Crippen LogP contribution in [0, 0.1) is 6.92 Å². The number of ether oxygens (including phenoxy) is 1. The Balaban J connectivity index is 1.80. The van der Waals surface area contributed by atoms with E-state index < -0.39 is 0 Å². The number of hydrogen-bond donors (Lipinski definition) is 0. The van der Waals surface area contributed by atoms with Crippen molar-refractivity contribution in [3.63, 3.8) is 0 Å². The molecule has 0 fully saturated rings. The highest BCUT2D eigenvalue weighted by molar-refractivity contribution is 7.99. The van der Waals surface area contributed by atoms with E-state index >= 15 is 0 Å². The maximum atomic E-state index is 12.3. The molecule has 3 rings (SSSR count). The van der Waals surface area contributed by atoms with E-state index in [2.05, 4.69) is 15.5 Å². The van der Waals surface area contributed by atoms with E-state index in [1.807, 2.05) is 25.1 Å². The second-order valence-corrected chi connectivity index (χ2v) is 6.65. The summed E-state index contributed by atoms with van der Waals surface area (Å²) in [6.45, 7) is 1.98. The summed E-state index contributed by atoms with van der Waals surface area (Å²) < 4.78 is 6.96. The summed E-state index contributed by atoms with van der Waals surface area (Å²) in [4.78, 5) is 12.3. The largest absolute Gasteiger partial charge is 0.494 e. The highest BCUT2D eigenvalue weighted by Crippen LogP contribution is 2.27. The van der Waals surface area contributed by atoms with Gasteiger partial charge in [0.1, 0.15) is 11.4 Å². The number of rotatable bonds is 6. The number of thioether (sulfide) groups is 1. The third kappa shape index (κ3) is 4.00. The van der Waals surface area contributed by atoms with Crippen molar-refractivity contribution in [3.8, 4) is 11.4 Å². The van der Waals surface area contributed by atoms with E-state index in [1.165, 1.54) is 11.8 Å².